The molecule has 0 spiro atoms. The van der Waals surface area contributed by atoms with Crippen molar-refractivity contribution in [2.24, 2.45) is 17.8 Å². The average Bonchev–Trinajstić information content (AvgIpc) is 2.42. The molecule has 1 heterocycles. The molecule has 1 aliphatic heterocycles. The van der Waals surface area contributed by atoms with Crippen LogP contribution < -0.4 is 0 Å². The molecule has 2 unspecified atom stereocenters. The van der Waals surface area contributed by atoms with Gasteiger partial charge in [-0.1, -0.05) is 0 Å². The van der Waals surface area contributed by atoms with Crippen LogP contribution in [0.4, 0.5) is 4.79 Å². The summed E-state index contributed by atoms with van der Waals surface area (Å²) >= 11 is 0. The molecule has 2 aliphatic rings. The van der Waals surface area contributed by atoms with E-state index in [-0.39, 0.29) is 17.9 Å². The predicted molar refractivity (Wildman–Crippen MR) is 81.9 cm³/mol. The average molecular weight is 312 g/mol. The molecule has 2 bridgehead atoms. The van der Waals surface area contributed by atoms with Crippen molar-refractivity contribution in [3.05, 3.63) is 0 Å². The van der Waals surface area contributed by atoms with E-state index < -0.39 is 5.60 Å². The van der Waals surface area contributed by atoms with Crippen LogP contribution in [0.3, 0.4) is 0 Å². The van der Waals surface area contributed by atoms with Crippen LogP contribution in [0, 0.1) is 17.8 Å². The van der Waals surface area contributed by atoms with Crippen LogP contribution in [0.15, 0.2) is 0 Å². The Morgan fingerprint density at radius 1 is 1.09 bits per heavy atom. The van der Waals surface area contributed by atoms with Gasteiger partial charge in [-0.3, -0.25) is 9.63 Å². The summed E-state index contributed by atoms with van der Waals surface area (Å²) in [6, 6.07) is 0. The van der Waals surface area contributed by atoms with Gasteiger partial charge in [0.2, 0.25) is 5.91 Å². The number of rotatable bonds is 2. The molecule has 126 valence electrons. The van der Waals surface area contributed by atoms with E-state index in [1.165, 1.54) is 12.2 Å². The van der Waals surface area contributed by atoms with E-state index in [1.807, 2.05) is 25.7 Å². The molecule has 1 saturated heterocycles. The molecule has 2 atom stereocenters. The standard InChI is InChI=1S/C16H28N2O4/c1-16(2,3)22-15(20)18-9-11-6-12(10-18)8-13(7-11)14(19)17(4)21-5/h11-13H,6-10H2,1-5H3. The lowest BCUT2D eigenvalue weighted by molar-refractivity contribution is -0.176. The van der Waals surface area contributed by atoms with Crippen molar-refractivity contribution in [2.45, 2.75) is 45.6 Å². The van der Waals surface area contributed by atoms with Gasteiger partial charge in [0.25, 0.3) is 0 Å². The molecule has 1 aliphatic carbocycles. The number of hydrogen-bond donors (Lipinski definition) is 0. The number of ether oxygens (including phenoxy) is 1. The second-order valence-electron chi connectivity index (χ2n) is 7.54. The summed E-state index contributed by atoms with van der Waals surface area (Å²) in [6.45, 7) is 7.01. The van der Waals surface area contributed by atoms with E-state index in [0.717, 1.165) is 19.3 Å². The van der Waals surface area contributed by atoms with Crippen molar-refractivity contribution in [2.75, 3.05) is 27.2 Å². The molecule has 1 saturated carbocycles. The minimum atomic E-state index is -0.469. The Morgan fingerprint density at radius 2 is 1.64 bits per heavy atom. The van der Waals surface area contributed by atoms with Crippen LogP contribution in [0.2, 0.25) is 0 Å². The number of fused-ring (bicyclic) bond motifs is 2. The largest absolute Gasteiger partial charge is 0.444 e. The second kappa shape index (κ2) is 6.44. The molecule has 6 nitrogen and oxygen atoms in total. The SMILES string of the molecule is CON(C)C(=O)C1CC2CC(C1)CN(C(=O)OC(C)(C)C)C2. The van der Waals surface area contributed by atoms with Gasteiger partial charge in [-0.25, -0.2) is 9.86 Å². The number of carbonyl (C=O) groups excluding carboxylic acids is 2. The van der Waals surface area contributed by atoms with E-state index >= 15 is 0 Å². The first-order chi connectivity index (χ1) is 10.2. The Balaban J connectivity index is 1.95. The van der Waals surface area contributed by atoms with Gasteiger partial charge < -0.3 is 9.64 Å². The van der Waals surface area contributed by atoms with Crippen LogP contribution in [-0.2, 0) is 14.4 Å². The molecule has 2 fully saturated rings. The highest BCUT2D eigenvalue weighted by molar-refractivity contribution is 5.77. The summed E-state index contributed by atoms with van der Waals surface area (Å²) in [7, 11) is 3.16. The van der Waals surface area contributed by atoms with Crippen LogP contribution in [0.1, 0.15) is 40.0 Å². The first-order valence-electron chi connectivity index (χ1n) is 7.99. The first-order valence-corrected chi connectivity index (χ1v) is 7.99. The molecule has 0 N–H and O–H groups in total. The Kier molecular flexibility index (Phi) is 5.00. The Hall–Kier alpha value is -1.30. The lowest BCUT2D eigenvalue weighted by Gasteiger charge is -2.44. The summed E-state index contributed by atoms with van der Waals surface area (Å²) in [5.41, 5.74) is -0.469. The topological polar surface area (TPSA) is 59.1 Å². The molecule has 0 aromatic heterocycles. The number of likely N-dealkylation sites (tertiary alicyclic amines) is 1. The molecule has 2 amide bonds. The highest BCUT2D eigenvalue weighted by Crippen LogP contribution is 2.39. The molecule has 22 heavy (non-hydrogen) atoms. The van der Waals surface area contributed by atoms with Gasteiger partial charge in [0.15, 0.2) is 0 Å². The summed E-state index contributed by atoms with van der Waals surface area (Å²) in [6.07, 6.45) is 2.51. The predicted octanol–water partition coefficient (Wildman–Crippen LogP) is 2.29. The fourth-order valence-electron chi connectivity index (χ4n) is 3.59. The summed E-state index contributed by atoms with van der Waals surface area (Å²) in [4.78, 5) is 31.3. The van der Waals surface area contributed by atoms with E-state index in [1.54, 1.807) is 7.05 Å². The molecule has 2 rings (SSSR count). The third-order valence-corrected chi connectivity index (χ3v) is 4.44. The number of carbonyl (C=O) groups is 2. The van der Waals surface area contributed by atoms with E-state index in [0.29, 0.717) is 24.9 Å². The minimum absolute atomic E-state index is 0.00878. The molecule has 0 aromatic rings. The molecular weight excluding hydrogens is 284 g/mol. The first kappa shape index (κ1) is 17.1. The lowest BCUT2D eigenvalue weighted by atomic mass is 9.72. The Morgan fingerprint density at radius 3 is 2.09 bits per heavy atom. The number of amides is 2. The highest BCUT2D eigenvalue weighted by atomic mass is 16.7. The fourth-order valence-corrected chi connectivity index (χ4v) is 3.59. The third-order valence-electron chi connectivity index (χ3n) is 4.44. The summed E-state index contributed by atoms with van der Waals surface area (Å²) in [5.74, 6) is 0.802. The number of nitrogens with zero attached hydrogens (tertiary/aromatic N) is 2. The van der Waals surface area contributed by atoms with Crippen molar-refractivity contribution >= 4 is 12.0 Å². The van der Waals surface area contributed by atoms with Crippen LogP contribution in [0.5, 0.6) is 0 Å². The third kappa shape index (κ3) is 4.12. The van der Waals surface area contributed by atoms with Gasteiger partial charge >= 0.3 is 6.09 Å². The lowest BCUT2D eigenvalue weighted by Crippen LogP contribution is -2.50. The number of hydroxylamine groups is 2. The monoisotopic (exact) mass is 312 g/mol. The maximum absolute atomic E-state index is 12.3. The minimum Gasteiger partial charge on any atom is -0.444 e. The molecule has 6 heteroatoms. The Labute approximate surface area is 132 Å². The number of piperidine rings is 1. The van der Waals surface area contributed by atoms with Crippen LogP contribution >= 0.6 is 0 Å². The van der Waals surface area contributed by atoms with Crippen molar-refractivity contribution < 1.29 is 19.2 Å². The van der Waals surface area contributed by atoms with E-state index in [9.17, 15) is 9.59 Å². The van der Waals surface area contributed by atoms with Gasteiger partial charge in [0.05, 0.1) is 7.11 Å². The Bertz CT molecular complexity index is 418. The summed E-state index contributed by atoms with van der Waals surface area (Å²) < 4.78 is 5.46. The maximum Gasteiger partial charge on any atom is 0.410 e. The van der Waals surface area contributed by atoms with Crippen molar-refractivity contribution in [1.82, 2.24) is 9.96 Å². The van der Waals surface area contributed by atoms with E-state index in [4.69, 9.17) is 9.57 Å². The van der Waals surface area contributed by atoms with E-state index in [2.05, 4.69) is 0 Å². The van der Waals surface area contributed by atoms with Gasteiger partial charge in [0.1, 0.15) is 5.60 Å². The molecular formula is C16H28N2O4. The quantitative estimate of drug-likeness (QED) is 0.734. The number of hydrogen-bond acceptors (Lipinski definition) is 4. The fraction of sp³-hybridized carbons (Fsp3) is 0.875. The van der Waals surface area contributed by atoms with Crippen molar-refractivity contribution in [3.8, 4) is 0 Å². The van der Waals surface area contributed by atoms with Crippen LogP contribution in [0.25, 0.3) is 0 Å². The molecule has 0 radical (unpaired) electrons. The zero-order chi connectivity index (χ0) is 16.5. The van der Waals surface area contributed by atoms with Gasteiger partial charge in [-0.05, 0) is 51.9 Å². The van der Waals surface area contributed by atoms with Gasteiger partial charge in [-0.2, -0.15) is 0 Å². The van der Waals surface area contributed by atoms with Gasteiger partial charge in [-0.15, -0.1) is 0 Å². The highest BCUT2D eigenvalue weighted by Gasteiger charge is 2.40. The second-order valence-corrected chi connectivity index (χ2v) is 7.54. The zero-order valence-electron chi connectivity index (χ0n) is 14.3. The zero-order valence-corrected chi connectivity index (χ0v) is 14.3. The molecule has 0 aromatic carbocycles. The van der Waals surface area contributed by atoms with Crippen molar-refractivity contribution in [1.29, 1.82) is 0 Å². The normalized spacial score (nSPS) is 28.2. The van der Waals surface area contributed by atoms with Gasteiger partial charge in [0, 0.05) is 26.1 Å². The van der Waals surface area contributed by atoms with Crippen LogP contribution in [-0.4, -0.2) is 54.8 Å². The summed E-state index contributed by atoms with van der Waals surface area (Å²) in [5, 5.41) is 1.32. The smallest absolute Gasteiger partial charge is 0.410 e. The van der Waals surface area contributed by atoms with Crippen molar-refractivity contribution in [3.63, 3.8) is 0 Å². The maximum atomic E-state index is 12.3.